The molecule has 1 rings (SSSR count). The summed E-state index contributed by atoms with van der Waals surface area (Å²) in [7, 11) is 0. The van der Waals surface area contributed by atoms with E-state index in [0.29, 0.717) is 0 Å². The van der Waals surface area contributed by atoms with Crippen molar-refractivity contribution >= 4 is 29.2 Å². The smallest absolute Gasteiger partial charge is 0.303 e. The first-order valence-corrected chi connectivity index (χ1v) is 6.15. The second-order valence-electron chi connectivity index (χ2n) is 4.23. The largest absolute Gasteiger partial charge is 0.481 e. The predicted molar refractivity (Wildman–Crippen MR) is 71.9 cm³/mol. The Balaban J connectivity index is 2.72. The average molecular weight is 301 g/mol. The zero-order valence-corrected chi connectivity index (χ0v) is 11.4. The van der Waals surface area contributed by atoms with Crippen LogP contribution >= 0.6 is 11.6 Å². The van der Waals surface area contributed by atoms with Gasteiger partial charge >= 0.3 is 5.97 Å². The molecule has 1 atom stereocenters. The van der Waals surface area contributed by atoms with Crippen LogP contribution in [0.1, 0.15) is 30.1 Å². The van der Waals surface area contributed by atoms with Gasteiger partial charge < -0.3 is 10.4 Å². The number of benzene rings is 1. The minimum absolute atomic E-state index is 0.0258. The predicted octanol–water partition coefficient (Wildman–Crippen LogP) is 2.23. The lowest BCUT2D eigenvalue weighted by atomic mass is 10.1. The van der Waals surface area contributed by atoms with E-state index in [9.17, 15) is 19.7 Å². The van der Waals surface area contributed by atoms with Crippen LogP contribution in [0.5, 0.6) is 0 Å². The van der Waals surface area contributed by atoms with Gasteiger partial charge in [-0.2, -0.15) is 0 Å². The van der Waals surface area contributed by atoms with Crippen molar-refractivity contribution in [2.75, 3.05) is 0 Å². The molecule has 2 N–H and O–H groups in total. The van der Waals surface area contributed by atoms with E-state index >= 15 is 0 Å². The van der Waals surface area contributed by atoms with Crippen molar-refractivity contribution < 1.29 is 19.6 Å². The van der Waals surface area contributed by atoms with Crippen LogP contribution in [0.3, 0.4) is 0 Å². The molecular formula is C12H13ClN2O5. The number of carbonyl (C=O) groups is 2. The molecule has 0 aliphatic heterocycles. The van der Waals surface area contributed by atoms with Crippen molar-refractivity contribution in [1.29, 1.82) is 0 Å². The Labute approximate surface area is 119 Å². The number of carbonyl (C=O) groups excluding carboxylic acids is 1. The van der Waals surface area contributed by atoms with E-state index in [1.165, 1.54) is 12.1 Å². The van der Waals surface area contributed by atoms with Crippen molar-refractivity contribution in [3.05, 3.63) is 38.9 Å². The summed E-state index contributed by atoms with van der Waals surface area (Å²) < 4.78 is 0. The fourth-order valence-electron chi connectivity index (χ4n) is 1.52. The molecule has 1 unspecified atom stereocenters. The SMILES string of the molecule is CC(CCC(=O)O)NC(=O)c1ccc([N+](=O)[O-])cc1Cl. The first kappa shape index (κ1) is 15.9. The van der Waals surface area contributed by atoms with Crippen LogP contribution in [-0.4, -0.2) is 27.9 Å². The molecule has 0 aliphatic carbocycles. The van der Waals surface area contributed by atoms with Crippen molar-refractivity contribution in [2.45, 2.75) is 25.8 Å². The molecular weight excluding hydrogens is 288 g/mol. The first-order chi connectivity index (χ1) is 9.31. The number of carboxylic acid groups (broad SMARTS) is 1. The van der Waals surface area contributed by atoms with Gasteiger partial charge in [-0.1, -0.05) is 11.6 Å². The van der Waals surface area contributed by atoms with Crippen LogP contribution in [0, 0.1) is 10.1 Å². The number of hydrogen-bond donors (Lipinski definition) is 2. The molecule has 0 saturated carbocycles. The molecule has 1 amide bonds. The lowest BCUT2D eigenvalue weighted by molar-refractivity contribution is -0.384. The summed E-state index contributed by atoms with van der Waals surface area (Å²) >= 11 is 5.82. The molecule has 0 bridgehead atoms. The van der Waals surface area contributed by atoms with Gasteiger partial charge in [0.15, 0.2) is 0 Å². The van der Waals surface area contributed by atoms with Crippen molar-refractivity contribution in [3.63, 3.8) is 0 Å². The lowest BCUT2D eigenvalue weighted by Crippen LogP contribution is -2.33. The molecule has 0 fully saturated rings. The minimum Gasteiger partial charge on any atom is -0.481 e. The zero-order valence-electron chi connectivity index (χ0n) is 10.6. The molecule has 1 aromatic rings. The highest BCUT2D eigenvalue weighted by molar-refractivity contribution is 6.34. The topological polar surface area (TPSA) is 110 Å². The van der Waals surface area contributed by atoms with Crippen LogP contribution in [0.25, 0.3) is 0 Å². The Kier molecular flexibility index (Phi) is 5.45. The van der Waals surface area contributed by atoms with Crippen molar-refractivity contribution in [3.8, 4) is 0 Å². The summed E-state index contributed by atoms with van der Waals surface area (Å²) in [4.78, 5) is 32.2. The molecule has 0 heterocycles. The van der Waals surface area contributed by atoms with Gasteiger partial charge in [-0.25, -0.2) is 0 Å². The normalized spacial score (nSPS) is 11.7. The molecule has 0 saturated heterocycles. The molecule has 8 heteroatoms. The van der Waals surface area contributed by atoms with Crippen molar-refractivity contribution in [1.82, 2.24) is 5.32 Å². The standard InChI is InChI=1S/C12H13ClN2O5/c1-7(2-5-11(16)17)14-12(18)9-4-3-8(15(19)20)6-10(9)13/h3-4,6-7H,2,5H2,1H3,(H,14,18)(H,16,17). The Hall–Kier alpha value is -2.15. The molecule has 108 valence electrons. The third kappa shape index (κ3) is 4.51. The van der Waals surface area contributed by atoms with E-state index in [0.717, 1.165) is 6.07 Å². The summed E-state index contributed by atoms with van der Waals surface area (Å²) in [6.07, 6.45) is 0.223. The average Bonchev–Trinajstić information content (AvgIpc) is 2.35. The van der Waals surface area contributed by atoms with Crippen LogP contribution in [-0.2, 0) is 4.79 Å². The van der Waals surface area contributed by atoms with Gasteiger partial charge in [0.05, 0.1) is 15.5 Å². The van der Waals surface area contributed by atoms with E-state index in [1.807, 2.05) is 0 Å². The first-order valence-electron chi connectivity index (χ1n) is 5.78. The zero-order chi connectivity index (χ0) is 15.3. The monoisotopic (exact) mass is 300 g/mol. The fourth-order valence-corrected chi connectivity index (χ4v) is 1.78. The number of aliphatic carboxylic acids is 1. The van der Waals surface area contributed by atoms with Crippen LogP contribution in [0.2, 0.25) is 5.02 Å². The van der Waals surface area contributed by atoms with E-state index < -0.39 is 16.8 Å². The number of halogens is 1. The maximum Gasteiger partial charge on any atom is 0.303 e. The molecule has 0 aliphatic rings. The second kappa shape index (κ2) is 6.85. The minimum atomic E-state index is -0.945. The molecule has 7 nitrogen and oxygen atoms in total. The number of nitrogens with one attached hydrogen (secondary N) is 1. The molecule has 0 spiro atoms. The maximum atomic E-state index is 11.9. The Bertz CT molecular complexity index is 547. The van der Waals surface area contributed by atoms with Gasteiger partial charge in [-0.05, 0) is 19.4 Å². The molecule has 20 heavy (non-hydrogen) atoms. The van der Waals surface area contributed by atoms with Gasteiger partial charge in [-0.3, -0.25) is 19.7 Å². The molecule has 1 aromatic carbocycles. The van der Waals surface area contributed by atoms with E-state index in [2.05, 4.69) is 5.32 Å². The Morgan fingerprint density at radius 2 is 2.15 bits per heavy atom. The van der Waals surface area contributed by atoms with Crippen LogP contribution in [0.15, 0.2) is 18.2 Å². The molecule has 0 aromatic heterocycles. The van der Waals surface area contributed by atoms with E-state index in [4.69, 9.17) is 16.7 Å². The Morgan fingerprint density at radius 1 is 1.50 bits per heavy atom. The Morgan fingerprint density at radius 3 is 2.65 bits per heavy atom. The second-order valence-corrected chi connectivity index (χ2v) is 4.64. The summed E-state index contributed by atoms with van der Waals surface area (Å²) in [5, 5.41) is 21.7. The lowest BCUT2D eigenvalue weighted by Gasteiger charge is -2.13. The molecule has 0 radical (unpaired) electrons. The van der Waals surface area contributed by atoms with Gasteiger partial charge in [0.1, 0.15) is 0 Å². The number of nitro benzene ring substituents is 1. The van der Waals surface area contributed by atoms with Gasteiger partial charge in [0.2, 0.25) is 0 Å². The summed E-state index contributed by atoms with van der Waals surface area (Å²) in [6.45, 7) is 1.67. The number of non-ortho nitro benzene ring substituents is 1. The quantitative estimate of drug-likeness (QED) is 0.618. The fraction of sp³-hybridized carbons (Fsp3) is 0.333. The van der Waals surface area contributed by atoms with Gasteiger partial charge in [-0.15, -0.1) is 0 Å². The van der Waals surface area contributed by atoms with Crippen molar-refractivity contribution in [2.24, 2.45) is 0 Å². The number of nitrogens with zero attached hydrogens (tertiary/aromatic N) is 1. The summed E-state index contributed by atoms with van der Waals surface area (Å²) in [6, 6.07) is 3.20. The number of nitro groups is 1. The highest BCUT2D eigenvalue weighted by atomic mass is 35.5. The highest BCUT2D eigenvalue weighted by Crippen LogP contribution is 2.22. The number of amides is 1. The van der Waals surface area contributed by atoms with E-state index in [-0.39, 0.29) is 35.2 Å². The van der Waals surface area contributed by atoms with Crippen LogP contribution in [0.4, 0.5) is 5.69 Å². The summed E-state index contributed by atoms with van der Waals surface area (Å²) in [5.74, 6) is -1.44. The van der Waals surface area contributed by atoms with Gasteiger partial charge in [0, 0.05) is 24.6 Å². The number of hydrogen-bond acceptors (Lipinski definition) is 4. The van der Waals surface area contributed by atoms with Crippen LogP contribution < -0.4 is 5.32 Å². The summed E-state index contributed by atoms with van der Waals surface area (Å²) in [5.41, 5.74) is -0.0927. The van der Waals surface area contributed by atoms with E-state index in [1.54, 1.807) is 6.92 Å². The highest BCUT2D eigenvalue weighted by Gasteiger charge is 2.16. The maximum absolute atomic E-state index is 11.9. The third-order valence-electron chi connectivity index (χ3n) is 2.58. The third-order valence-corrected chi connectivity index (χ3v) is 2.89. The number of carboxylic acids is 1. The van der Waals surface area contributed by atoms with Gasteiger partial charge in [0.25, 0.3) is 11.6 Å². The number of rotatable bonds is 6.